The van der Waals surface area contributed by atoms with Crippen molar-refractivity contribution in [1.82, 2.24) is 0 Å². The number of hydrogen-bond donors (Lipinski definition) is 0. The molecule has 0 saturated carbocycles. The second kappa shape index (κ2) is 20.6. The molecule has 0 spiro atoms. The van der Waals surface area contributed by atoms with Crippen LogP contribution >= 0.6 is 7.26 Å². The molecule has 0 aromatic heterocycles. The predicted octanol–water partition coefficient (Wildman–Crippen LogP) is 6.88. The molecule has 224 valence electrons. The summed E-state index contributed by atoms with van der Waals surface area (Å²) in [6.45, 7) is 1.64. The highest BCUT2D eigenvalue weighted by molar-refractivity contribution is 7.95. The van der Waals surface area contributed by atoms with E-state index in [0.29, 0.717) is 0 Å². The Labute approximate surface area is 267 Å². The van der Waals surface area contributed by atoms with E-state index in [0.717, 1.165) is 13.2 Å². The van der Waals surface area contributed by atoms with E-state index < -0.39 is 7.26 Å². The van der Waals surface area contributed by atoms with Gasteiger partial charge in [-0.1, -0.05) is 143 Å². The van der Waals surface area contributed by atoms with Gasteiger partial charge in [-0.2, -0.15) is 0 Å². The van der Waals surface area contributed by atoms with Gasteiger partial charge in [0.25, 0.3) is 0 Å². The van der Waals surface area contributed by atoms with Crippen LogP contribution < -0.4 is 32.9 Å². The smallest absolute Gasteiger partial charge is 0.112 e. The van der Waals surface area contributed by atoms with Crippen molar-refractivity contribution in [2.45, 2.75) is 83.7 Å². The lowest BCUT2D eigenvalue weighted by molar-refractivity contribution is -0.00000880. The van der Waals surface area contributed by atoms with E-state index >= 15 is 0 Å². The zero-order chi connectivity index (χ0) is 28.3. The first kappa shape index (κ1) is 34.2. The highest BCUT2D eigenvalue weighted by Gasteiger charge is 2.44. The first-order valence-electron chi connectivity index (χ1n) is 16.1. The molecule has 0 atom stereocenters. The molecular weight excluding hydrogens is 595 g/mol. The molecule has 0 N–H and O–H groups in total. The summed E-state index contributed by atoms with van der Waals surface area (Å²) in [6.07, 6.45) is 17.4. The van der Waals surface area contributed by atoms with Crippen LogP contribution in [0.2, 0.25) is 0 Å². The maximum atomic E-state index is 5.81. The van der Waals surface area contributed by atoms with Gasteiger partial charge in [-0.15, -0.1) is 0 Å². The summed E-state index contributed by atoms with van der Waals surface area (Å²) < 4.78 is 5.81. The van der Waals surface area contributed by atoms with Gasteiger partial charge in [0.2, 0.25) is 0 Å². The SMILES string of the molecule is [Br-].c1ccc(COCCCCCCCCCCCCCC[P+](c2ccccc2)(c2ccccc2)c2ccccc2)cc1. The van der Waals surface area contributed by atoms with Crippen molar-refractivity contribution in [3.8, 4) is 0 Å². The van der Waals surface area contributed by atoms with E-state index in [1.165, 1.54) is 105 Å². The van der Waals surface area contributed by atoms with E-state index in [1.807, 2.05) is 0 Å². The molecular formula is C39H50BrOP. The highest BCUT2D eigenvalue weighted by Crippen LogP contribution is 2.56. The summed E-state index contributed by atoms with van der Waals surface area (Å²) in [4.78, 5) is 0. The van der Waals surface area contributed by atoms with Crippen LogP contribution in [-0.4, -0.2) is 12.8 Å². The minimum absolute atomic E-state index is 0. The third kappa shape index (κ3) is 11.1. The minimum atomic E-state index is -1.66. The molecule has 0 aliphatic rings. The fourth-order valence-electron chi connectivity index (χ4n) is 5.97. The van der Waals surface area contributed by atoms with Crippen molar-refractivity contribution < 1.29 is 21.7 Å². The maximum absolute atomic E-state index is 5.81. The lowest BCUT2D eigenvalue weighted by Gasteiger charge is -2.27. The molecule has 0 radical (unpaired) electrons. The molecule has 0 saturated heterocycles. The Morgan fingerprint density at radius 1 is 0.381 bits per heavy atom. The number of halogens is 1. The van der Waals surface area contributed by atoms with Gasteiger partial charge in [0.15, 0.2) is 0 Å². The van der Waals surface area contributed by atoms with Gasteiger partial charge in [0.05, 0.1) is 12.8 Å². The van der Waals surface area contributed by atoms with Crippen LogP contribution in [0.25, 0.3) is 0 Å². The van der Waals surface area contributed by atoms with Crippen LogP contribution in [0.15, 0.2) is 121 Å². The lowest BCUT2D eigenvalue weighted by atomic mass is 10.1. The fraction of sp³-hybridized carbons (Fsp3) is 0.385. The predicted molar refractivity (Wildman–Crippen MR) is 182 cm³/mol. The van der Waals surface area contributed by atoms with Crippen molar-refractivity contribution >= 4 is 23.2 Å². The van der Waals surface area contributed by atoms with Gasteiger partial charge in [0, 0.05) is 6.61 Å². The monoisotopic (exact) mass is 644 g/mol. The Morgan fingerprint density at radius 2 is 0.714 bits per heavy atom. The third-order valence-electron chi connectivity index (χ3n) is 8.23. The molecule has 4 aromatic carbocycles. The largest absolute Gasteiger partial charge is 1.00 e. The van der Waals surface area contributed by atoms with Crippen LogP contribution in [0.3, 0.4) is 0 Å². The quantitative estimate of drug-likeness (QED) is 0.0753. The van der Waals surface area contributed by atoms with Gasteiger partial charge in [0.1, 0.15) is 23.2 Å². The molecule has 42 heavy (non-hydrogen) atoms. The average Bonchev–Trinajstić information content (AvgIpc) is 3.04. The molecule has 0 fully saturated rings. The lowest BCUT2D eigenvalue weighted by Crippen LogP contribution is -3.00. The summed E-state index contributed by atoms with van der Waals surface area (Å²) >= 11 is 0. The van der Waals surface area contributed by atoms with E-state index in [2.05, 4.69) is 121 Å². The highest BCUT2D eigenvalue weighted by atomic mass is 79.9. The van der Waals surface area contributed by atoms with Crippen LogP contribution in [0, 0.1) is 0 Å². The molecule has 4 aromatic rings. The minimum Gasteiger partial charge on any atom is -1.00 e. The van der Waals surface area contributed by atoms with Crippen molar-refractivity contribution in [3.63, 3.8) is 0 Å². The summed E-state index contributed by atoms with van der Waals surface area (Å²) in [5.41, 5.74) is 1.27. The van der Waals surface area contributed by atoms with Gasteiger partial charge in [-0.05, 0) is 61.2 Å². The molecule has 0 aliphatic carbocycles. The first-order chi connectivity index (χ1) is 20.4. The van der Waals surface area contributed by atoms with Gasteiger partial charge in [-0.3, -0.25) is 0 Å². The Hall–Kier alpha value is -2.25. The molecule has 4 rings (SSSR count). The zero-order valence-electron chi connectivity index (χ0n) is 25.4. The van der Waals surface area contributed by atoms with Gasteiger partial charge in [-0.25, -0.2) is 0 Å². The number of ether oxygens (including phenoxy) is 1. The Morgan fingerprint density at radius 3 is 1.12 bits per heavy atom. The first-order valence-corrected chi connectivity index (χ1v) is 18.0. The van der Waals surface area contributed by atoms with Crippen LogP contribution in [0.5, 0.6) is 0 Å². The molecule has 0 aliphatic heterocycles. The van der Waals surface area contributed by atoms with E-state index in [1.54, 1.807) is 0 Å². The molecule has 0 amide bonds. The van der Waals surface area contributed by atoms with Crippen molar-refractivity contribution in [3.05, 3.63) is 127 Å². The Bertz CT molecular complexity index is 1090. The topological polar surface area (TPSA) is 9.23 Å². The molecule has 0 unspecified atom stereocenters. The van der Waals surface area contributed by atoms with Crippen molar-refractivity contribution in [1.29, 1.82) is 0 Å². The van der Waals surface area contributed by atoms with Crippen molar-refractivity contribution in [2.75, 3.05) is 12.8 Å². The molecule has 1 nitrogen and oxygen atoms in total. The average molecular weight is 646 g/mol. The second-order valence-electron chi connectivity index (χ2n) is 11.3. The summed E-state index contributed by atoms with van der Waals surface area (Å²) in [6, 6.07) is 44.5. The van der Waals surface area contributed by atoms with E-state index in [-0.39, 0.29) is 17.0 Å². The zero-order valence-corrected chi connectivity index (χ0v) is 27.9. The number of hydrogen-bond acceptors (Lipinski definition) is 1. The van der Waals surface area contributed by atoms with Gasteiger partial charge < -0.3 is 21.7 Å². The van der Waals surface area contributed by atoms with Crippen LogP contribution in [-0.2, 0) is 11.3 Å². The fourth-order valence-corrected chi connectivity index (χ4v) is 10.4. The standard InChI is InChI=1S/C39H50OP.BrH/c1(3-5-7-9-23-33-40-35-36-25-15-11-16-26-36)2-4-6-8-10-24-34-41(37-27-17-12-18-28-37,38-29-19-13-20-30-38)39-31-21-14-22-32-39;/h11-22,25-32H,1-10,23-24,33-35H2;1H/q+1;/p-1. The number of benzene rings is 4. The summed E-state index contributed by atoms with van der Waals surface area (Å²) in [5, 5.41) is 4.53. The summed E-state index contributed by atoms with van der Waals surface area (Å²) in [7, 11) is -1.66. The van der Waals surface area contributed by atoms with Crippen LogP contribution in [0.4, 0.5) is 0 Å². The van der Waals surface area contributed by atoms with E-state index in [9.17, 15) is 0 Å². The Kier molecular flexibility index (Phi) is 16.8. The van der Waals surface area contributed by atoms with Crippen molar-refractivity contribution in [2.24, 2.45) is 0 Å². The number of unbranched alkanes of at least 4 members (excludes halogenated alkanes) is 11. The Balaban J connectivity index is 0.00000484. The molecule has 3 heteroatoms. The molecule has 0 heterocycles. The summed E-state index contributed by atoms with van der Waals surface area (Å²) in [5.74, 6) is 0. The maximum Gasteiger partial charge on any atom is 0.112 e. The third-order valence-corrected chi connectivity index (χ3v) is 12.8. The normalized spacial score (nSPS) is 11.2. The molecule has 0 bridgehead atoms. The van der Waals surface area contributed by atoms with E-state index in [4.69, 9.17) is 4.74 Å². The second-order valence-corrected chi connectivity index (χ2v) is 14.9. The van der Waals surface area contributed by atoms with Gasteiger partial charge >= 0.3 is 0 Å². The van der Waals surface area contributed by atoms with Crippen LogP contribution in [0.1, 0.15) is 82.6 Å². The number of rotatable bonds is 20.